The van der Waals surface area contributed by atoms with Gasteiger partial charge in [-0.2, -0.15) is 0 Å². The molecule has 4 heteroatoms. The van der Waals surface area contributed by atoms with Gasteiger partial charge < -0.3 is 5.73 Å². The second kappa shape index (κ2) is 5.12. The molecule has 0 aromatic heterocycles. The fraction of sp³-hybridized carbons (Fsp3) is 0.0714. The molecule has 0 aliphatic rings. The molecule has 0 heterocycles. The third kappa shape index (κ3) is 2.57. The normalized spacial score (nSPS) is 10.4. The van der Waals surface area contributed by atoms with Crippen molar-refractivity contribution in [3.63, 3.8) is 0 Å². The summed E-state index contributed by atoms with van der Waals surface area (Å²) in [5.41, 5.74) is 8.26. The summed E-state index contributed by atoms with van der Waals surface area (Å²) in [4.78, 5) is 12.4. The monoisotopic (exact) mass is 323 g/mol. The molecule has 0 fully saturated rings. The van der Waals surface area contributed by atoms with Crippen molar-refractivity contribution in [2.75, 3.05) is 5.73 Å². The molecule has 2 aromatic carbocycles. The molecule has 2 nitrogen and oxygen atoms in total. The molecule has 2 N–H and O–H groups in total. The predicted octanol–water partition coefficient (Wildman–Crippen LogP) is 4.22. The van der Waals surface area contributed by atoms with Crippen LogP contribution in [0.15, 0.2) is 40.9 Å². The lowest BCUT2D eigenvalue weighted by Gasteiger charge is -2.08. The summed E-state index contributed by atoms with van der Waals surface area (Å²) in [5.74, 6) is -0.0983. The number of benzene rings is 2. The number of ketones is 1. The van der Waals surface area contributed by atoms with Gasteiger partial charge in [0.05, 0.1) is 5.02 Å². The van der Waals surface area contributed by atoms with Crippen LogP contribution in [-0.2, 0) is 0 Å². The number of hydrogen-bond donors (Lipinski definition) is 1. The Morgan fingerprint density at radius 1 is 1.17 bits per heavy atom. The van der Waals surface area contributed by atoms with Gasteiger partial charge in [-0.1, -0.05) is 27.5 Å². The molecule has 0 radical (unpaired) electrons. The predicted molar refractivity (Wildman–Crippen MR) is 78.2 cm³/mol. The molecular formula is C14H11BrClNO. The van der Waals surface area contributed by atoms with Gasteiger partial charge in [0.1, 0.15) is 0 Å². The Hall–Kier alpha value is -1.32. The highest BCUT2D eigenvalue weighted by atomic mass is 79.9. The van der Waals surface area contributed by atoms with E-state index >= 15 is 0 Å². The van der Waals surface area contributed by atoms with Crippen LogP contribution in [0.1, 0.15) is 21.5 Å². The molecule has 0 saturated heterocycles. The van der Waals surface area contributed by atoms with Crippen LogP contribution in [0.25, 0.3) is 0 Å². The van der Waals surface area contributed by atoms with E-state index in [1.54, 1.807) is 36.4 Å². The Morgan fingerprint density at radius 2 is 1.89 bits per heavy atom. The standard InChI is InChI=1S/C14H11BrClNO/c1-8-6-10(17)3-4-11(8)14(18)12-7-9(15)2-5-13(12)16/h2-7H,17H2,1H3. The van der Waals surface area contributed by atoms with E-state index in [2.05, 4.69) is 15.9 Å². The van der Waals surface area contributed by atoms with Gasteiger partial charge in [0.2, 0.25) is 0 Å². The molecule has 0 spiro atoms. The summed E-state index contributed by atoms with van der Waals surface area (Å²) >= 11 is 9.39. The Bertz CT molecular complexity index is 625. The van der Waals surface area contributed by atoms with Crippen LogP contribution >= 0.6 is 27.5 Å². The van der Waals surface area contributed by atoms with Gasteiger partial charge in [0.15, 0.2) is 5.78 Å². The molecule has 0 amide bonds. The molecule has 2 rings (SSSR count). The Balaban J connectivity index is 2.51. The lowest BCUT2D eigenvalue weighted by atomic mass is 9.99. The van der Waals surface area contributed by atoms with Gasteiger partial charge in [0.25, 0.3) is 0 Å². The Morgan fingerprint density at radius 3 is 2.56 bits per heavy atom. The highest BCUT2D eigenvalue weighted by Gasteiger charge is 2.15. The zero-order chi connectivity index (χ0) is 13.3. The van der Waals surface area contributed by atoms with Crippen molar-refractivity contribution in [2.45, 2.75) is 6.92 Å². The van der Waals surface area contributed by atoms with Crippen molar-refractivity contribution < 1.29 is 4.79 Å². The van der Waals surface area contributed by atoms with Gasteiger partial charge >= 0.3 is 0 Å². The highest BCUT2D eigenvalue weighted by Crippen LogP contribution is 2.25. The number of rotatable bonds is 2. The number of carbonyl (C=O) groups excluding carboxylic acids is 1. The van der Waals surface area contributed by atoms with E-state index in [1.807, 2.05) is 6.92 Å². The number of carbonyl (C=O) groups is 1. The van der Waals surface area contributed by atoms with Crippen molar-refractivity contribution in [3.8, 4) is 0 Å². The first-order valence-electron chi connectivity index (χ1n) is 5.35. The largest absolute Gasteiger partial charge is 0.399 e. The van der Waals surface area contributed by atoms with Crippen LogP contribution in [0.3, 0.4) is 0 Å². The number of nitrogens with two attached hydrogens (primary N) is 1. The summed E-state index contributed by atoms with van der Waals surface area (Å²) in [6.07, 6.45) is 0. The van der Waals surface area contributed by atoms with Gasteiger partial charge in [0, 0.05) is 21.3 Å². The van der Waals surface area contributed by atoms with Gasteiger partial charge in [-0.3, -0.25) is 4.79 Å². The highest BCUT2D eigenvalue weighted by molar-refractivity contribution is 9.10. The van der Waals surface area contributed by atoms with Gasteiger partial charge in [-0.25, -0.2) is 0 Å². The molecule has 2 aromatic rings. The zero-order valence-electron chi connectivity index (χ0n) is 9.71. The summed E-state index contributed by atoms with van der Waals surface area (Å²) in [6.45, 7) is 1.86. The number of halogens is 2. The average molecular weight is 325 g/mol. The lowest BCUT2D eigenvalue weighted by Crippen LogP contribution is -2.05. The van der Waals surface area contributed by atoms with E-state index in [-0.39, 0.29) is 5.78 Å². The second-order valence-electron chi connectivity index (χ2n) is 4.03. The third-order valence-electron chi connectivity index (χ3n) is 2.67. The van der Waals surface area contributed by atoms with E-state index < -0.39 is 0 Å². The molecule has 0 aliphatic carbocycles. The van der Waals surface area contributed by atoms with Crippen molar-refractivity contribution in [2.24, 2.45) is 0 Å². The van der Waals surface area contributed by atoms with Gasteiger partial charge in [-0.05, 0) is 48.9 Å². The number of anilines is 1. The van der Waals surface area contributed by atoms with Crippen LogP contribution in [-0.4, -0.2) is 5.78 Å². The van der Waals surface area contributed by atoms with Crippen molar-refractivity contribution >= 4 is 39.0 Å². The maximum atomic E-state index is 12.4. The molecule has 0 atom stereocenters. The van der Waals surface area contributed by atoms with E-state index in [0.717, 1.165) is 10.0 Å². The van der Waals surface area contributed by atoms with Gasteiger partial charge in [-0.15, -0.1) is 0 Å². The third-order valence-corrected chi connectivity index (χ3v) is 3.49. The quantitative estimate of drug-likeness (QED) is 0.664. The second-order valence-corrected chi connectivity index (χ2v) is 5.35. The Labute approximate surface area is 119 Å². The molecule has 0 aliphatic heterocycles. The van der Waals surface area contributed by atoms with Crippen molar-refractivity contribution in [1.29, 1.82) is 0 Å². The molecule has 18 heavy (non-hydrogen) atoms. The number of hydrogen-bond acceptors (Lipinski definition) is 2. The first kappa shape index (κ1) is 13.1. The van der Waals surface area contributed by atoms with Crippen molar-refractivity contribution in [1.82, 2.24) is 0 Å². The average Bonchev–Trinajstić information content (AvgIpc) is 2.31. The zero-order valence-corrected chi connectivity index (χ0v) is 12.0. The molecular weight excluding hydrogens is 314 g/mol. The SMILES string of the molecule is Cc1cc(N)ccc1C(=O)c1cc(Br)ccc1Cl. The fourth-order valence-electron chi connectivity index (χ4n) is 1.76. The van der Waals surface area contributed by atoms with Crippen LogP contribution in [0.4, 0.5) is 5.69 Å². The minimum atomic E-state index is -0.0983. The van der Waals surface area contributed by atoms with E-state index in [4.69, 9.17) is 17.3 Å². The minimum absolute atomic E-state index is 0.0983. The smallest absolute Gasteiger partial charge is 0.194 e. The first-order valence-corrected chi connectivity index (χ1v) is 6.52. The molecule has 92 valence electrons. The van der Waals surface area contributed by atoms with Crippen LogP contribution in [0.2, 0.25) is 5.02 Å². The Kier molecular flexibility index (Phi) is 3.73. The maximum Gasteiger partial charge on any atom is 0.194 e. The van der Waals surface area contributed by atoms with Crippen LogP contribution in [0.5, 0.6) is 0 Å². The number of aryl methyl sites for hydroxylation is 1. The summed E-state index contributed by atoms with van der Waals surface area (Å²) in [7, 11) is 0. The molecule has 0 unspecified atom stereocenters. The van der Waals surface area contributed by atoms with Crippen molar-refractivity contribution in [3.05, 3.63) is 62.6 Å². The topological polar surface area (TPSA) is 43.1 Å². The molecule has 0 saturated carbocycles. The minimum Gasteiger partial charge on any atom is -0.399 e. The van der Waals surface area contributed by atoms with Crippen LogP contribution < -0.4 is 5.73 Å². The summed E-state index contributed by atoms with van der Waals surface area (Å²) in [5, 5.41) is 0.444. The summed E-state index contributed by atoms with van der Waals surface area (Å²) < 4.78 is 0.823. The first-order chi connectivity index (χ1) is 8.49. The fourth-order valence-corrected chi connectivity index (χ4v) is 2.32. The van der Waals surface area contributed by atoms with Crippen LogP contribution in [0, 0.1) is 6.92 Å². The lowest BCUT2D eigenvalue weighted by molar-refractivity contribution is 0.103. The number of nitrogen functional groups attached to an aromatic ring is 1. The van der Waals surface area contributed by atoms with E-state index in [1.165, 1.54) is 0 Å². The molecule has 0 bridgehead atoms. The van der Waals surface area contributed by atoms with E-state index in [0.29, 0.717) is 21.8 Å². The maximum absolute atomic E-state index is 12.4. The van der Waals surface area contributed by atoms with E-state index in [9.17, 15) is 4.79 Å². The summed E-state index contributed by atoms with van der Waals surface area (Å²) in [6, 6.07) is 10.4.